The standard InChI is InChI=1S/C12H15NO3/c1-9(7-14)13-12(16)6-10-3-2-4-11(5-10)8-15/h2-5,8-9,14H,6-7H2,1H3,(H,13,16). The normalized spacial score (nSPS) is 11.9. The van der Waals surface area contributed by atoms with Gasteiger partial charge in [0.25, 0.3) is 0 Å². The van der Waals surface area contributed by atoms with Crippen molar-refractivity contribution in [2.75, 3.05) is 6.61 Å². The monoisotopic (exact) mass is 221 g/mol. The SMILES string of the molecule is CC(CO)NC(=O)Cc1cccc(C=O)c1. The van der Waals surface area contributed by atoms with Gasteiger partial charge in [-0.3, -0.25) is 9.59 Å². The lowest BCUT2D eigenvalue weighted by Crippen LogP contribution is -2.35. The van der Waals surface area contributed by atoms with Gasteiger partial charge in [-0.25, -0.2) is 0 Å². The maximum atomic E-state index is 11.5. The molecule has 4 nitrogen and oxygen atoms in total. The molecule has 0 radical (unpaired) electrons. The van der Waals surface area contributed by atoms with Crippen LogP contribution < -0.4 is 5.32 Å². The summed E-state index contributed by atoms with van der Waals surface area (Å²) in [5.41, 5.74) is 1.34. The summed E-state index contributed by atoms with van der Waals surface area (Å²) in [6.45, 7) is 1.64. The fraction of sp³-hybridized carbons (Fsp3) is 0.333. The molecule has 1 aromatic carbocycles. The molecule has 0 spiro atoms. The number of carbonyl (C=O) groups excluding carboxylic acids is 2. The van der Waals surface area contributed by atoms with E-state index in [9.17, 15) is 9.59 Å². The van der Waals surface area contributed by atoms with E-state index in [0.29, 0.717) is 5.56 Å². The van der Waals surface area contributed by atoms with Gasteiger partial charge in [0.2, 0.25) is 5.91 Å². The summed E-state index contributed by atoms with van der Waals surface area (Å²) in [7, 11) is 0. The zero-order valence-corrected chi connectivity index (χ0v) is 9.14. The average Bonchev–Trinajstić information content (AvgIpc) is 2.28. The molecule has 1 atom stereocenters. The molecule has 16 heavy (non-hydrogen) atoms. The summed E-state index contributed by atoms with van der Waals surface area (Å²) >= 11 is 0. The van der Waals surface area contributed by atoms with Crippen LogP contribution >= 0.6 is 0 Å². The van der Waals surface area contributed by atoms with Crippen LogP contribution in [0.25, 0.3) is 0 Å². The van der Waals surface area contributed by atoms with Crippen molar-refractivity contribution < 1.29 is 14.7 Å². The zero-order chi connectivity index (χ0) is 12.0. The van der Waals surface area contributed by atoms with Crippen molar-refractivity contribution in [3.8, 4) is 0 Å². The third-order valence-electron chi connectivity index (χ3n) is 2.13. The van der Waals surface area contributed by atoms with Gasteiger partial charge in [-0.2, -0.15) is 0 Å². The Bertz CT molecular complexity index is 376. The fourth-order valence-corrected chi connectivity index (χ4v) is 1.33. The highest BCUT2D eigenvalue weighted by Crippen LogP contribution is 2.04. The number of rotatable bonds is 5. The topological polar surface area (TPSA) is 66.4 Å². The van der Waals surface area contributed by atoms with E-state index in [1.54, 1.807) is 31.2 Å². The van der Waals surface area contributed by atoms with Crippen molar-refractivity contribution in [3.05, 3.63) is 35.4 Å². The van der Waals surface area contributed by atoms with E-state index in [0.717, 1.165) is 11.8 Å². The van der Waals surface area contributed by atoms with Crippen LogP contribution in [0.5, 0.6) is 0 Å². The molecular formula is C12H15NO3. The molecule has 1 aromatic rings. The fourth-order valence-electron chi connectivity index (χ4n) is 1.33. The van der Waals surface area contributed by atoms with Crippen molar-refractivity contribution in [1.82, 2.24) is 5.32 Å². The van der Waals surface area contributed by atoms with E-state index >= 15 is 0 Å². The van der Waals surface area contributed by atoms with Crippen molar-refractivity contribution >= 4 is 12.2 Å². The molecule has 2 N–H and O–H groups in total. The minimum Gasteiger partial charge on any atom is -0.394 e. The van der Waals surface area contributed by atoms with E-state index < -0.39 is 0 Å². The van der Waals surface area contributed by atoms with Gasteiger partial charge in [0.1, 0.15) is 6.29 Å². The van der Waals surface area contributed by atoms with Crippen LogP contribution in [0.2, 0.25) is 0 Å². The Morgan fingerprint density at radius 3 is 2.94 bits per heavy atom. The maximum absolute atomic E-state index is 11.5. The molecule has 0 fully saturated rings. The lowest BCUT2D eigenvalue weighted by atomic mass is 10.1. The number of benzene rings is 1. The lowest BCUT2D eigenvalue weighted by molar-refractivity contribution is -0.121. The summed E-state index contributed by atoms with van der Waals surface area (Å²) in [6.07, 6.45) is 0.962. The first-order valence-corrected chi connectivity index (χ1v) is 5.10. The van der Waals surface area contributed by atoms with E-state index in [2.05, 4.69) is 5.32 Å². The Hall–Kier alpha value is -1.68. The van der Waals surface area contributed by atoms with Gasteiger partial charge in [-0.15, -0.1) is 0 Å². The van der Waals surface area contributed by atoms with Gasteiger partial charge in [-0.05, 0) is 18.6 Å². The molecule has 0 heterocycles. The molecule has 0 aromatic heterocycles. The van der Waals surface area contributed by atoms with Crippen LogP contribution in [-0.2, 0) is 11.2 Å². The average molecular weight is 221 g/mol. The minimum atomic E-state index is -0.248. The second-order valence-corrected chi connectivity index (χ2v) is 3.69. The Labute approximate surface area is 94.3 Å². The summed E-state index contributed by atoms with van der Waals surface area (Å²) < 4.78 is 0. The maximum Gasteiger partial charge on any atom is 0.224 e. The third kappa shape index (κ3) is 3.82. The van der Waals surface area contributed by atoms with E-state index in [-0.39, 0.29) is 25.0 Å². The summed E-state index contributed by atoms with van der Waals surface area (Å²) in [5.74, 6) is -0.162. The first-order chi connectivity index (χ1) is 7.65. The first kappa shape index (κ1) is 12.4. The smallest absolute Gasteiger partial charge is 0.224 e. The van der Waals surface area contributed by atoms with Gasteiger partial charge in [-0.1, -0.05) is 18.2 Å². The Morgan fingerprint density at radius 1 is 1.56 bits per heavy atom. The van der Waals surface area contributed by atoms with Crippen LogP contribution in [-0.4, -0.2) is 29.9 Å². The molecule has 0 bridgehead atoms. The number of hydrogen-bond donors (Lipinski definition) is 2. The molecule has 1 amide bonds. The summed E-state index contributed by atoms with van der Waals surface area (Å²) in [4.78, 5) is 22.0. The Morgan fingerprint density at radius 2 is 2.31 bits per heavy atom. The van der Waals surface area contributed by atoms with Crippen LogP contribution in [0.4, 0.5) is 0 Å². The van der Waals surface area contributed by atoms with Crippen LogP contribution in [0.1, 0.15) is 22.8 Å². The van der Waals surface area contributed by atoms with Gasteiger partial charge in [0.15, 0.2) is 0 Å². The molecule has 0 aliphatic rings. The highest BCUT2D eigenvalue weighted by molar-refractivity contribution is 5.80. The number of aliphatic hydroxyl groups is 1. The highest BCUT2D eigenvalue weighted by atomic mass is 16.3. The Balaban J connectivity index is 2.58. The predicted molar refractivity (Wildman–Crippen MR) is 60.2 cm³/mol. The van der Waals surface area contributed by atoms with Crippen molar-refractivity contribution in [2.24, 2.45) is 0 Å². The molecule has 0 aliphatic heterocycles. The molecule has 0 saturated heterocycles. The predicted octanol–water partition coefficient (Wildman–Crippen LogP) is 0.539. The van der Waals surface area contributed by atoms with Crippen molar-refractivity contribution in [2.45, 2.75) is 19.4 Å². The van der Waals surface area contributed by atoms with Crippen molar-refractivity contribution in [1.29, 1.82) is 0 Å². The van der Waals surface area contributed by atoms with E-state index in [4.69, 9.17) is 5.11 Å². The van der Waals surface area contributed by atoms with Gasteiger partial charge in [0.05, 0.1) is 13.0 Å². The third-order valence-corrected chi connectivity index (χ3v) is 2.13. The molecular weight excluding hydrogens is 206 g/mol. The van der Waals surface area contributed by atoms with Gasteiger partial charge < -0.3 is 10.4 Å². The number of aldehydes is 1. The zero-order valence-electron chi connectivity index (χ0n) is 9.14. The second-order valence-electron chi connectivity index (χ2n) is 3.69. The quantitative estimate of drug-likeness (QED) is 0.713. The molecule has 1 rings (SSSR count). The van der Waals surface area contributed by atoms with Crippen LogP contribution in [0, 0.1) is 0 Å². The number of aliphatic hydroxyl groups excluding tert-OH is 1. The summed E-state index contributed by atoms with van der Waals surface area (Å²) in [6, 6.07) is 6.64. The number of hydrogen-bond acceptors (Lipinski definition) is 3. The second kappa shape index (κ2) is 6.02. The van der Waals surface area contributed by atoms with Crippen LogP contribution in [0.15, 0.2) is 24.3 Å². The minimum absolute atomic E-state index is 0.0832. The molecule has 0 saturated carbocycles. The van der Waals surface area contributed by atoms with Crippen LogP contribution in [0.3, 0.4) is 0 Å². The highest BCUT2D eigenvalue weighted by Gasteiger charge is 2.07. The summed E-state index contributed by atoms with van der Waals surface area (Å²) in [5, 5.41) is 11.4. The number of nitrogens with one attached hydrogen (secondary N) is 1. The Kier molecular flexibility index (Phi) is 4.66. The number of amides is 1. The van der Waals surface area contributed by atoms with E-state index in [1.807, 2.05) is 0 Å². The molecule has 0 aliphatic carbocycles. The first-order valence-electron chi connectivity index (χ1n) is 5.10. The van der Waals surface area contributed by atoms with Crippen molar-refractivity contribution in [3.63, 3.8) is 0 Å². The molecule has 4 heteroatoms. The molecule has 1 unspecified atom stereocenters. The lowest BCUT2D eigenvalue weighted by Gasteiger charge is -2.10. The van der Waals surface area contributed by atoms with Gasteiger partial charge in [0, 0.05) is 11.6 Å². The number of carbonyl (C=O) groups is 2. The van der Waals surface area contributed by atoms with Gasteiger partial charge >= 0.3 is 0 Å². The largest absolute Gasteiger partial charge is 0.394 e. The molecule has 86 valence electrons. The van der Waals surface area contributed by atoms with E-state index in [1.165, 1.54) is 0 Å².